The molecule has 0 bridgehead atoms. The number of carbonyl (C=O) groups is 1. The van der Waals surface area contributed by atoms with Crippen molar-refractivity contribution in [3.63, 3.8) is 0 Å². The minimum absolute atomic E-state index is 0.329. The third kappa shape index (κ3) is 9.81. The summed E-state index contributed by atoms with van der Waals surface area (Å²) < 4.78 is 4.91. The Labute approximate surface area is 107 Å². The van der Waals surface area contributed by atoms with Gasteiger partial charge >= 0.3 is 5.97 Å². The maximum absolute atomic E-state index is 10.8. The zero-order valence-electron chi connectivity index (χ0n) is 10.5. The molecule has 0 aliphatic rings. The van der Waals surface area contributed by atoms with E-state index >= 15 is 0 Å². The lowest BCUT2D eigenvalue weighted by Gasteiger charge is -2.11. The Morgan fingerprint density at radius 2 is 1.88 bits per heavy atom. The van der Waals surface area contributed by atoms with Crippen molar-refractivity contribution in [1.82, 2.24) is 0 Å². The quantitative estimate of drug-likeness (QED) is 0.185. The van der Waals surface area contributed by atoms with E-state index in [9.17, 15) is 4.79 Å². The summed E-state index contributed by atoms with van der Waals surface area (Å²) in [4.78, 5) is 10.8. The summed E-state index contributed by atoms with van der Waals surface area (Å²) in [5.41, 5.74) is 0. The molecule has 2 radical (unpaired) electrons. The van der Waals surface area contributed by atoms with E-state index < -0.39 is 0 Å². The molecule has 3 heteroatoms. The van der Waals surface area contributed by atoms with Crippen LogP contribution in [0.5, 0.6) is 0 Å². The van der Waals surface area contributed by atoms with Crippen molar-refractivity contribution in [3.05, 3.63) is 38.0 Å². The monoisotopic (exact) mass is 250 g/mol. The van der Waals surface area contributed by atoms with Gasteiger partial charge in [-0.3, -0.25) is 0 Å². The molecule has 2 nitrogen and oxygen atoms in total. The van der Waals surface area contributed by atoms with Crippen LogP contribution in [0.3, 0.4) is 0 Å². The molecule has 94 valence electrons. The van der Waals surface area contributed by atoms with Crippen molar-refractivity contribution < 1.29 is 9.53 Å². The van der Waals surface area contributed by atoms with Gasteiger partial charge in [0, 0.05) is 15.6 Å². The lowest BCUT2D eigenvalue weighted by molar-refractivity contribution is -0.137. The van der Waals surface area contributed by atoms with E-state index in [1.54, 1.807) is 0 Å². The van der Waals surface area contributed by atoms with Crippen LogP contribution in [-0.4, -0.2) is 22.1 Å². The first-order valence-corrected chi connectivity index (χ1v) is 7.37. The molecule has 0 fully saturated rings. The lowest BCUT2D eigenvalue weighted by Crippen LogP contribution is -2.05. The van der Waals surface area contributed by atoms with Crippen molar-refractivity contribution in [2.24, 2.45) is 5.92 Å². The summed E-state index contributed by atoms with van der Waals surface area (Å²) in [5.74, 6) is 0.351. The number of rotatable bonds is 11. The first kappa shape index (κ1) is 15.9. The molecular formula is C14H22O2Si. The molecule has 0 aromatic carbocycles. The van der Waals surface area contributed by atoms with Crippen molar-refractivity contribution in [2.45, 2.75) is 31.4 Å². The van der Waals surface area contributed by atoms with Gasteiger partial charge in [-0.05, 0) is 25.2 Å². The van der Waals surface area contributed by atoms with Gasteiger partial charge < -0.3 is 4.74 Å². The minimum Gasteiger partial charge on any atom is -0.463 e. The Hall–Kier alpha value is -1.09. The van der Waals surface area contributed by atoms with Crippen LogP contribution in [0.4, 0.5) is 0 Å². The Morgan fingerprint density at radius 3 is 2.41 bits per heavy atom. The van der Waals surface area contributed by atoms with E-state index in [-0.39, 0.29) is 5.97 Å². The van der Waals surface area contributed by atoms with Gasteiger partial charge in [-0.15, -0.1) is 13.2 Å². The highest BCUT2D eigenvalue weighted by atomic mass is 28.2. The molecule has 0 atom stereocenters. The number of allylic oxidation sites excluding steroid dienone is 2. The van der Waals surface area contributed by atoms with Gasteiger partial charge in [0.15, 0.2) is 0 Å². The molecule has 0 saturated heterocycles. The second-order valence-corrected chi connectivity index (χ2v) is 5.25. The van der Waals surface area contributed by atoms with Gasteiger partial charge in [-0.2, -0.15) is 0 Å². The van der Waals surface area contributed by atoms with Crippen molar-refractivity contribution in [3.8, 4) is 0 Å². The standard InChI is InChI=1S/C14H22O2Si/c1-4-8-13(9-5-2)12-17-11-7-10-16-14(15)6-3/h4-6,13H,1-3,7-12H2. The minimum atomic E-state index is -0.329. The molecule has 17 heavy (non-hydrogen) atoms. The van der Waals surface area contributed by atoms with Gasteiger partial charge in [-0.1, -0.05) is 30.8 Å². The highest BCUT2D eigenvalue weighted by Gasteiger charge is 2.05. The molecule has 0 aromatic heterocycles. The van der Waals surface area contributed by atoms with Gasteiger partial charge in [0.1, 0.15) is 0 Å². The fourth-order valence-corrected chi connectivity index (χ4v) is 2.81. The van der Waals surface area contributed by atoms with Gasteiger partial charge in [0.2, 0.25) is 0 Å². The average Bonchev–Trinajstić information content (AvgIpc) is 2.33. The second-order valence-electron chi connectivity index (χ2n) is 3.84. The van der Waals surface area contributed by atoms with Crippen LogP contribution in [0.1, 0.15) is 19.3 Å². The first-order valence-electron chi connectivity index (χ1n) is 5.96. The predicted octanol–water partition coefficient (Wildman–Crippen LogP) is 3.41. The molecule has 0 saturated carbocycles. The Balaban J connectivity index is 3.47. The molecule has 0 unspecified atom stereocenters. The van der Waals surface area contributed by atoms with Gasteiger partial charge in [0.25, 0.3) is 0 Å². The first-order chi connectivity index (χ1) is 8.24. The molecular weight excluding hydrogens is 228 g/mol. The Kier molecular flexibility index (Phi) is 10.7. The summed E-state index contributed by atoms with van der Waals surface area (Å²) in [6.07, 6.45) is 8.21. The smallest absolute Gasteiger partial charge is 0.330 e. The maximum atomic E-state index is 10.8. The van der Waals surface area contributed by atoms with Crippen LogP contribution in [0, 0.1) is 5.92 Å². The maximum Gasteiger partial charge on any atom is 0.330 e. The molecule has 0 aliphatic carbocycles. The fraction of sp³-hybridized carbons (Fsp3) is 0.500. The van der Waals surface area contributed by atoms with E-state index in [1.807, 2.05) is 12.2 Å². The van der Waals surface area contributed by atoms with Crippen LogP contribution in [0.2, 0.25) is 12.1 Å². The van der Waals surface area contributed by atoms with Crippen LogP contribution in [0.15, 0.2) is 38.0 Å². The van der Waals surface area contributed by atoms with E-state index in [2.05, 4.69) is 19.7 Å². The topological polar surface area (TPSA) is 26.3 Å². The molecule has 0 rings (SSSR count). The Morgan fingerprint density at radius 1 is 1.24 bits per heavy atom. The van der Waals surface area contributed by atoms with Crippen LogP contribution in [0.25, 0.3) is 0 Å². The van der Waals surface area contributed by atoms with Crippen molar-refractivity contribution in [1.29, 1.82) is 0 Å². The average molecular weight is 250 g/mol. The number of hydrogen-bond acceptors (Lipinski definition) is 2. The normalized spacial score (nSPS) is 9.94. The van der Waals surface area contributed by atoms with Crippen molar-refractivity contribution >= 4 is 15.5 Å². The number of hydrogen-bond donors (Lipinski definition) is 0. The van der Waals surface area contributed by atoms with E-state index in [0.717, 1.165) is 34.8 Å². The van der Waals surface area contributed by atoms with Crippen LogP contribution >= 0.6 is 0 Å². The fourth-order valence-electron chi connectivity index (χ4n) is 1.47. The summed E-state index contributed by atoms with van der Waals surface area (Å²) in [7, 11) is 0.924. The van der Waals surface area contributed by atoms with Crippen LogP contribution in [-0.2, 0) is 9.53 Å². The van der Waals surface area contributed by atoms with Crippen molar-refractivity contribution in [2.75, 3.05) is 6.61 Å². The zero-order chi connectivity index (χ0) is 12.9. The summed E-state index contributed by atoms with van der Waals surface area (Å²) >= 11 is 0. The lowest BCUT2D eigenvalue weighted by atomic mass is 10.0. The highest BCUT2D eigenvalue weighted by molar-refractivity contribution is 6.35. The summed E-state index contributed by atoms with van der Waals surface area (Å²) in [5, 5.41) is 0. The molecule has 0 aliphatic heterocycles. The highest BCUT2D eigenvalue weighted by Crippen LogP contribution is 2.15. The molecule has 0 heterocycles. The van der Waals surface area contributed by atoms with E-state index in [0.29, 0.717) is 12.5 Å². The third-order valence-corrected chi connectivity index (χ3v) is 3.92. The summed E-state index contributed by atoms with van der Waals surface area (Å²) in [6.45, 7) is 11.4. The Bertz CT molecular complexity index is 239. The third-order valence-electron chi connectivity index (χ3n) is 2.34. The zero-order valence-corrected chi connectivity index (χ0v) is 11.5. The van der Waals surface area contributed by atoms with Crippen LogP contribution < -0.4 is 0 Å². The van der Waals surface area contributed by atoms with Gasteiger partial charge in [-0.25, -0.2) is 4.79 Å². The molecule has 0 amide bonds. The second kappa shape index (κ2) is 11.4. The molecule has 0 N–H and O–H groups in total. The predicted molar refractivity (Wildman–Crippen MR) is 74.3 cm³/mol. The molecule has 0 aromatic rings. The number of ether oxygens (including phenoxy) is 1. The number of esters is 1. The SMILES string of the molecule is C=CCC(CC=C)C[Si]CCCOC(=O)C=C. The molecule has 0 spiro atoms. The number of carbonyl (C=O) groups excluding carboxylic acids is 1. The van der Waals surface area contributed by atoms with E-state index in [1.165, 1.54) is 12.1 Å². The van der Waals surface area contributed by atoms with Gasteiger partial charge in [0.05, 0.1) is 6.61 Å². The van der Waals surface area contributed by atoms with E-state index in [4.69, 9.17) is 4.74 Å². The summed E-state index contributed by atoms with van der Waals surface area (Å²) in [6, 6.07) is 2.34. The largest absolute Gasteiger partial charge is 0.463 e.